The molecule has 0 unspecified atom stereocenters. The predicted octanol–water partition coefficient (Wildman–Crippen LogP) is -1.21. The zero-order valence-corrected chi connectivity index (χ0v) is 9.61. The lowest BCUT2D eigenvalue weighted by molar-refractivity contribution is -0.118. The summed E-state index contributed by atoms with van der Waals surface area (Å²) in [7, 11) is 2.12. The van der Waals surface area contributed by atoms with Crippen molar-refractivity contribution in [2.45, 2.75) is 0 Å². The lowest BCUT2D eigenvalue weighted by Crippen LogP contribution is -2.47. The van der Waals surface area contributed by atoms with Crippen molar-refractivity contribution in [3.05, 3.63) is 0 Å². The zero-order valence-electron chi connectivity index (χ0n) is 9.61. The molecule has 3 amide bonds. The van der Waals surface area contributed by atoms with E-state index in [0.717, 1.165) is 32.7 Å². The van der Waals surface area contributed by atoms with Crippen molar-refractivity contribution >= 4 is 11.9 Å². The molecule has 0 radical (unpaired) electrons. The molecule has 0 aromatic rings. The summed E-state index contributed by atoms with van der Waals surface area (Å²) >= 11 is 0. The number of rotatable bonds is 3. The SMILES string of the molecule is CN1CCN(CCN2CC(=O)NC2=O)CC1. The van der Waals surface area contributed by atoms with E-state index in [1.165, 1.54) is 0 Å². The first-order chi connectivity index (χ1) is 7.65. The molecule has 2 heterocycles. The van der Waals surface area contributed by atoms with Crippen molar-refractivity contribution in [3.63, 3.8) is 0 Å². The average molecular weight is 226 g/mol. The van der Waals surface area contributed by atoms with Crippen molar-refractivity contribution in [3.8, 4) is 0 Å². The molecule has 2 saturated heterocycles. The van der Waals surface area contributed by atoms with E-state index in [1.807, 2.05) is 0 Å². The molecule has 2 fully saturated rings. The summed E-state index contributed by atoms with van der Waals surface area (Å²) in [5.74, 6) is -0.191. The number of carbonyl (C=O) groups excluding carboxylic acids is 2. The van der Waals surface area contributed by atoms with Crippen molar-refractivity contribution < 1.29 is 9.59 Å². The molecule has 0 bridgehead atoms. The third-order valence-electron chi connectivity index (χ3n) is 3.15. The van der Waals surface area contributed by atoms with Crippen molar-refractivity contribution in [1.82, 2.24) is 20.0 Å². The second-order valence-corrected chi connectivity index (χ2v) is 4.42. The van der Waals surface area contributed by atoms with Gasteiger partial charge in [0.1, 0.15) is 6.54 Å². The number of piperazine rings is 1. The van der Waals surface area contributed by atoms with Crippen LogP contribution in [0.5, 0.6) is 0 Å². The molecule has 6 heteroatoms. The van der Waals surface area contributed by atoms with Crippen molar-refractivity contribution in [2.24, 2.45) is 0 Å². The summed E-state index contributed by atoms with van der Waals surface area (Å²) in [6.07, 6.45) is 0. The summed E-state index contributed by atoms with van der Waals surface area (Å²) in [6.45, 7) is 5.94. The Kier molecular flexibility index (Phi) is 3.40. The summed E-state index contributed by atoms with van der Waals surface area (Å²) in [5.41, 5.74) is 0. The van der Waals surface area contributed by atoms with Gasteiger partial charge in [0.05, 0.1) is 0 Å². The van der Waals surface area contributed by atoms with E-state index in [-0.39, 0.29) is 18.5 Å². The Bertz CT molecular complexity index is 287. The smallest absolute Gasteiger partial charge is 0.314 e. The summed E-state index contributed by atoms with van der Waals surface area (Å²) in [6, 6.07) is -0.251. The fourth-order valence-electron chi connectivity index (χ4n) is 2.00. The second-order valence-electron chi connectivity index (χ2n) is 4.42. The average Bonchev–Trinajstić information content (AvgIpc) is 2.57. The van der Waals surface area contributed by atoms with E-state index in [9.17, 15) is 9.59 Å². The molecule has 0 aromatic heterocycles. The largest absolute Gasteiger partial charge is 0.324 e. The molecule has 1 N–H and O–H groups in total. The molecule has 2 aliphatic rings. The number of nitrogens with zero attached hydrogens (tertiary/aromatic N) is 3. The Morgan fingerprint density at radius 3 is 2.38 bits per heavy atom. The van der Waals surface area contributed by atoms with Crippen LogP contribution in [0.15, 0.2) is 0 Å². The Hall–Kier alpha value is -1.14. The minimum Gasteiger partial charge on any atom is -0.314 e. The second kappa shape index (κ2) is 4.80. The molecular formula is C10H18N4O2. The molecular weight excluding hydrogens is 208 g/mol. The van der Waals surface area contributed by atoms with E-state index in [2.05, 4.69) is 22.2 Å². The molecule has 0 spiro atoms. The van der Waals surface area contributed by atoms with Gasteiger partial charge in [-0.1, -0.05) is 0 Å². The van der Waals surface area contributed by atoms with E-state index in [1.54, 1.807) is 4.90 Å². The van der Waals surface area contributed by atoms with Gasteiger partial charge in [-0.15, -0.1) is 0 Å². The van der Waals surface area contributed by atoms with Crippen molar-refractivity contribution in [1.29, 1.82) is 0 Å². The Labute approximate surface area is 95.2 Å². The third-order valence-corrected chi connectivity index (χ3v) is 3.15. The van der Waals surface area contributed by atoms with Crippen LogP contribution < -0.4 is 5.32 Å². The molecule has 0 atom stereocenters. The van der Waals surface area contributed by atoms with E-state index >= 15 is 0 Å². The Balaban J connectivity index is 1.71. The molecule has 2 rings (SSSR count). The fourth-order valence-corrected chi connectivity index (χ4v) is 2.00. The van der Waals surface area contributed by atoms with Crippen LogP contribution in [0, 0.1) is 0 Å². The Morgan fingerprint density at radius 2 is 1.81 bits per heavy atom. The molecule has 0 saturated carbocycles. The van der Waals surface area contributed by atoms with Gasteiger partial charge in [-0.2, -0.15) is 0 Å². The topological polar surface area (TPSA) is 55.9 Å². The molecule has 2 aliphatic heterocycles. The van der Waals surface area contributed by atoms with Crippen LogP contribution >= 0.6 is 0 Å². The minimum absolute atomic E-state index is 0.191. The quantitative estimate of drug-likeness (QED) is 0.613. The van der Waals surface area contributed by atoms with Gasteiger partial charge >= 0.3 is 6.03 Å². The van der Waals surface area contributed by atoms with Gasteiger partial charge in [-0.3, -0.25) is 15.0 Å². The van der Waals surface area contributed by atoms with Crippen LogP contribution in [0.2, 0.25) is 0 Å². The number of urea groups is 1. The number of hydrogen-bond acceptors (Lipinski definition) is 4. The summed E-state index contributed by atoms with van der Waals surface area (Å²) < 4.78 is 0. The molecule has 0 aromatic carbocycles. The number of hydrogen-bond donors (Lipinski definition) is 1. The lowest BCUT2D eigenvalue weighted by atomic mass is 10.3. The zero-order chi connectivity index (χ0) is 11.5. The number of likely N-dealkylation sites (N-methyl/N-ethyl adjacent to an activating group) is 1. The lowest BCUT2D eigenvalue weighted by Gasteiger charge is -2.33. The van der Waals surface area contributed by atoms with Crippen LogP contribution in [0.4, 0.5) is 4.79 Å². The molecule has 6 nitrogen and oxygen atoms in total. The van der Waals surface area contributed by atoms with Gasteiger partial charge in [-0.25, -0.2) is 4.79 Å². The summed E-state index contributed by atoms with van der Waals surface area (Å²) in [5, 5.41) is 2.28. The van der Waals surface area contributed by atoms with E-state index in [0.29, 0.717) is 6.54 Å². The van der Waals surface area contributed by atoms with E-state index in [4.69, 9.17) is 0 Å². The van der Waals surface area contributed by atoms with Crippen LogP contribution in [0.25, 0.3) is 0 Å². The standard InChI is InChI=1S/C10H18N4O2/c1-12-2-4-13(5-3-12)6-7-14-8-9(15)11-10(14)16/h2-8H2,1H3,(H,11,15,16). The number of amides is 3. The number of carbonyl (C=O) groups is 2. The van der Waals surface area contributed by atoms with Gasteiger partial charge in [0, 0.05) is 39.3 Å². The number of nitrogens with one attached hydrogen (secondary N) is 1. The van der Waals surface area contributed by atoms with Crippen LogP contribution in [-0.4, -0.2) is 79.5 Å². The van der Waals surface area contributed by atoms with Gasteiger partial charge in [0.2, 0.25) is 5.91 Å². The minimum atomic E-state index is -0.251. The maximum atomic E-state index is 11.3. The van der Waals surface area contributed by atoms with Gasteiger partial charge in [0.25, 0.3) is 0 Å². The first-order valence-electron chi connectivity index (χ1n) is 5.65. The molecule has 16 heavy (non-hydrogen) atoms. The Morgan fingerprint density at radius 1 is 1.12 bits per heavy atom. The first-order valence-corrected chi connectivity index (χ1v) is 5.65. The third kappa shape index (κ3) is 2.70. The number of imide groups is 1. The normalized spacial score (nSPS) is 23.9. The van der Waals surface area contributed by atoms with E-state index < -0.39 is 0 Å². The monoisotopic (exact) mass is 226 g/mol. The van der Waals surface area contributed by atoms with Gasteiger partial charge in [-0.05, 0) is 7.05 Å². The van der Waals surface area contributed by atoms with Crippen LogP contribution in [0.3, 0.4) is 0 Å². The fraction of sp³-hybridized carbons (Fsp3) is 0.800. The van der Waals surface area contributed by atoms with Crippen LogP contribution in [0.1, 0.15) is 0 Å². The molecule has 0 aliphatic carbocycles. The predicted molar refractivity (Wildman–Crippen MR) is 59.0 cm³/mol. The van der Waals surface area contributed by atoms with Crippen molar-refractivity contribution in [2.75, 3.05) is 52.9 Å². The van der Waals surface area contributed by atoms with Crippen LogP contribution in [-0.2, 0) is 4.79 Å². The van der Waals surface area contributed by atoms with Gasteiger partial charge < -0.3 is 9.80 Å². The summed E-state index contributed by atoms with van der Waals surface area (Å²) in [4.78, 5) is 28.4. The first kappa shape index (κ1) is 11.3. The maximum Gasteiger partial charge on any atom is 0.324 e. The highest BCUT2D eigenvalue weighted by Gasteiger charge is 2.26. The highest BCUT2D eigenvalue weighted by molar-refractivity contribution is 6.01. The van der Waals surface area contributed by atoms with Gasteiger partial charge in [0.15, 0.2) is 0 Å². The highest BCUT2D eigenvalue weighted by Crippen LogP contribution is 2.02. The highest BCUT2D eigenvalue weighted by atomic mass is 16.2. The molecule has 90 valence electrons. The maximum absolute atomic E-state index is 11.3.